The number of imidazole rings is 1. The molecule has 1 aromatic heterocycles. The minimum Gasteiger partial charge on any atom is -0.493 e. The Balaban J connectivity index is 1.83. The van der Waals surface area contributed by atoms with E-state index in [1.165, 1.54) is 22.6 Å². The molecule has 3 heterocycles. The summed E-state index contributed by atoms with van der Waals surface area (Å²) < 4.78 is 46.8. The van der Waals surface area contributed by atoms with Crippen molar-refractivity contribution in [2.75, 3.05) is 20.3 Å². The van der Waals surface area contributed by atoms with Crippen LogP contribution >= 0.6 is 0 Å². The summed E-state index contributed by atoms with van der Waals surface area (Å²) >= 11 is 0. The fourth-order valence-corrected chi connectivity index (χ4v) is 4.15. The van der Waals surface area contributed by atoms with E-state index in [2.05, 4.69) is 4.85 Å². The van der Waals surface area contributed by atoms with Crippen LogP contribution in [0, 0.1) is 6.57 Å². The van der Waals surface area contributed by atoms with Gasteiger partial charge in [0.2, 0.25) is 11.8 Å². The number of nitrogens with zero attached hydrogens (tertiary/aromatic N) is 4. The molecule has 2 bridgehead atoms. The Hall–Kier alpha value is -3.26. The van der Waals surface area contributed by atoms with Gasteiger partial charge in [-0.05, 0) is 18.6 Å². The molecule has 0 saturated carbocycles. The third-order valence-corrected chi connectivity index (χ3v) is 5.31. The number of carbonyl (C=O) groups is 1. The van der Waals surface area contributed by atoms with Gasteiger partial charge in [-0.25, -0.2) is 14.2 Å². The van der Waals surface area contributed by atoms with E-state index < -0.39 is 35.0 Å². The Morgan fingerprint density at radius 3 is 2.76 bits per heavy atom. The van der Waals surface area contributed by atoms with Crippen LogP contribution in [0.15, 0.2) is 23.0 Å². The molecule has 1 saturated heterocycles. The first kappa shape index (κ1) is 19.1. The van der Waals surface area contributed by atoms with Gasteiger partial charge in [0.15, 0.2) is 5.69 Å². The number of alkyl halides is 3. The Kier molecular flexibility index (Phi) is 4.20. The van der Waals surface area contributed by atoms with Crippen molar-refractivity contribution < 1.29 is 27.8 Å². The lowest BCUT2D eigenvalue weighted by atomic mass is 10.1. The van der Waals surface area contributed by atoms with Crippen LogP contribution in [-0.2, 0) is 15.7 Å². The number of amides is 1. The topological polar surface area (TPSA) is 81.1 Å². The predicted octanol–water partition coefficient (Wildman–Crippen LogP) is 2.39. The lowest BCUT2D eigenvalue weighted by Gasteiger charge is -2.27. The Bertz CT molecular complexity index is 1110. The van der Waals surface area contributed by atoms with Crippen LogP contribution in [0.2, 0.25) is 0 Å². The second-order valence-electron chi connectivity index (χ2n) is 6.89. The van der Waals surface area contributed by atoms with Gasteiger partial charge < -0.3 is 14.7 Å². The monoisotopic (exact) mass is 408 g/mol. The van der Waals surface area contributed by atoms with Crippen molar-refractivity contribution in [1.82, 2.24) is 14.0 Å². The first-order valence-electron chi connectivity index (χ1n) is 8.62. The smallest absolute Gasteiger partial charge is 0.407 e. The molecular formula is C18H15F3N4O4. The normalized spacial score (nSPS) is 20.0. The van der Waals surface area contributed by atoms with E-state index in [9.17, 15) is 27.9 Å². The first-order chi connectivity index (χ1) is 13.7. The molecule has 0 spiro atoms. The van der Waals surface area contributed by atoms with Gasteiger partial charge in [0, 0.05) is 13.7 Å². The fraction of sp³-hybridized carbons (Fsp3) is 0.389. The number of hydrogen-bond donors (Lipinski definition) is 1. The predicted molar refractivity (Wildman–Crippen MR) is 92.9 cm³/mol. The van der Waals surface area contributed by atoms with Crippen LogP contribution in [0.1, 0.15) is 29.8 Å². The van der Waals surface area contributed by atoms with Crippen molar-refractivity contribution in [3.63, 3.8) is 0 Å². The van der Waals surface area contributed by atoms with Crippen LogP contribution in [0.5, 0.6) is 5.88 Å². The number of aromatic hydroxyl groups is 1. The molecule has 152 valence electrons. The average molecular weight is 408 g/mol. The molecule has 2 aromatic rings. The summed E-state index contributed by atoms with van der Waals surface area (Å²) in [4.78, 5) is 29.5. The highest BCUT2D eigenvalue weighted by Crippen LogP contribution is 2.48. The van der Waals surface area contributed by atoms with E-state index in [-0.39, 0.29) is 36.5 Å². The quantitative estimate of drug-likeness (QED) is 0.791. The summed E-state index contributed by atoms with van der Waals surface area (Å²) in [5.41, 5.74) is -2.49. The van der Waals surface area contributed by atoms with Crippen LogP contribution < -0.4 is 5.69 Å². The molecule has 2 atom stereocenters. The maximum atomic E-state index is 13.3. The van der Waals surface area contributed by atoms with E-state index in [0.29, 0.717) is 12.5 Å². The molecule has 1 unspecified atom stereocenters. The van der Waals surface area contributed by atoms with Gasteiger partial charge in [0.25, 0.3) is 0 Å². The third kappa shape index (κ3) is 2.71. The zero-order valence-corrected chi connectivity index (χ0v) is 15.1. The molecule has 2 aliphatic heterocycles. The number of fused-ring (bicyclic) bond motifs is 5. The van der Waals surface area contributed by atoms with Crippen LogP contribution in [0.4, 0.5) is 18.9 Å². The third-order valence-electron chi connectivity index (χ3n) is 5.31. The number of aromatic nitrogens is 2. The minimum absolute atomic E-state index is 0.151. The highest BCUT2D eigenvalue weighted by atomic mass is 19.4. The van der Waals surface area contributed by atoms with Crippen LogP contribution in [0.3, 0.4) is 0 Å². The standard InChI is InChI=1S/C18H15F3N4O4/c1-22-12-4-3-9(5-11(12)18(19,20)21)25-16(27)15-13-6-10(24(15)17(25)28)7-23(13)14(26)8-29-2/h3-5,10,13,27H,6-8H2,2H3/t10?,13-/m1/s1. The highest BCUT2D eigenvalue weighted by molar-refractivity contribution is 5.78. The van der Waals surface area contributed by atoms with Crippen LogP contribution in [0.25, 0.3) is 10.5 Å². The molecule has 1 amide bonds. The molecule has 0 aliphatic carbocycles. The zero-order valence-electron chi connectivity index (χ0n) is 15.1. The average Bonchev–Trinajstić information content (AvgIpc) is 3.32. The zero-order chi connectivity index (χ0) is 21.1. The van der Waals surface area contributed by atoms with Gasteiger partial charge in [0.1, 0.15) is 12.3 Å². The number of likely N-dealkylation sites (tertiary alicyclic amines) is 1. The Labute approximate surface area is 162 Å². The van der Waals surface area contributed by atoms with E-state index in [4.69, 9.17) is 11.3 Å². The molecular weight excluding hydrogens is 393 g/mol. The lowest BCUT2D eigenvalue weighted by Crippen LogP contribution is -2.39. The molecule has 0 radical (unpaired) electrons. The van der Waals surface area contributed by atoms with Crippen molar-refractivity contribution in [2.45, 2.75) is 24.7 Å². The van der Waals surface area contributed by atoms with Crippen molar-refractivity contribution in [2.24, 2.45) is 0 Å². The second-order valence-corrected chi connectivity index (χ2v) is 6.89. The summed E-state index contributed by atoms with van der Waals surface area (Å²) in [5, 5.41) is 10.7. The molecule has 29 heavy (non-hydrogen) atoms. The number of hydrogen-bond acceptors (Lipinski definition) is 4. The van der Waals surface area contributed by atoms with Crippen LogP contribution in [-0.4, -0.2) is 45.3 Å². The van der Waals surface area contributed by atoms with E-state index in [1.807, 2.05) is 0 Å². The van der Waals surface area contributed by atoms with E-state index >= 15 is 0 Å². The summed E-state index contributed by atoms with van der Waals surface area (Å²) in [7, 11) is 1.38. The number of halogens is 3. The SMILES string of the molecule is [C-]#[N+]c1ccc(-n2c(O)c3n(c2=O)C2C[C@H]3N(C(=O)COC)C2)cc1C(F)(F)F. The molecule has 1 fully saturated rings. The van der Waals surface area contributed by atoms with Crippen molar-refractivity contribution in [3.05, 3.63) is 51.4 Å². The van der Waals surface area contributed by atoms with E-state index in [0.717, 1.165) is 10.6 Å². The molecule has 11 heteroatoms. The molecule has 4 rings (SSSR count). The van der Waals surface area contributed by atoms with Gasteiger partial charge in [-0.3, -0.25) is 9.36 Å². The van der Waals surface area contributed by atoms with Gasteiger partial charge in [-0.1, -0.05) is 6.07 Å². The number of rotatable bonds is 3. The Morgan fingerprint density at radius 2 is 2.14 bits per heavy atom. The number of methoxy groups -OCH3 is 1. The summed E-state index contributed by atoms with van der Waals surface area (Å²) in [6.45, 7) is 7.02. The molecule has 2 aliphatic rings. The molecule has 1 N–H and O–H groups in total. The van der Waals surface area contributed by atoms with Gasteiger partial charge in [0.05, 0.1) is 29.9 Å². The largest absolute Gasteiger partial charge is 0.493 e. The maximum Gasteiger partial charge on any atom is 0.407 e. The van der Waals surface area contributed by atoms with Gasteiger partial charge in [-0.15, -0.1) is 0 Å². The van der Waals surface area contributed by atoms with Gasteiger partial charge >= 0.3 is 11.9 Å². The Morgan fingerprint density at radius 1 is 1.41 bits per heavy atom. The van der Waals surface area contributed by atoms with Crippen molar-refractivity contribution in [1.29, 1.82) is 0 Å². The summed E-state index contributed by atoms with van der Waals surface area (Å²) in [5.74, 6) is -0.812. The molecule has 1 aromatic carbocycles. The summed E-state index contributed by atoms with van der Waals surface area (Å²) in [6.07, 6.45) is -4.35. The first-order valence-corrected chi connectivity index (χ1v) is 8.62. The number of ether oxygens (including phenoxy) is 1. The second kappa shape index (κ2) is 6.38. The lowest BCUT2D eigenvalue weighted by molar-refractivity contribution is -0.137. The highest BCUT2D eigenvalue weighted by Gasteiger charge is 2.49. The minimum atomic E-state index is -4.79. The molecule has 8 nitrogen and oxygen atoms in total. The van der Waals surface area contributed by atoms with E-state index in [1.54, 1.807) is 0 Å². The van der Waals surface area contributed by atoms with Crippen molar-refractivity contribution >= 4 is 11.6 Å². The number of benzene rings is 1. The maximum absolute atomic E-state index is 13.3. The summed E-state index contributed by atoms with van der Waals surface area (Å²) in [6, 6.07) is 1.87. The van der Waals surface area contributed by atoms with Gasteiger partial charge in [-0.2, -0.15) is 13.2 Å². The van der Waals surface area contributed by atoms with Crippen molar-refractivity contribution in [3.8, 4) is 11.6 Å². The number of carbonyl (C=O) groups excluding carboxylic acids is 1. The fourth-order valence-electron chi connectivity index (χ4n) is 4.15.